The summed E-state index contributed by atoms with van der Waals surface area (Å²) in [6.07, 6.45) is 1.70. The van der Waals surface area contributed by atoms with E-state index in [1.165, 1.54) is 11.8 Å². The van der Waals surface area contributed by atoms with E-state index in [9.17, 15) is 4.79 Å². The minimum Gasteiger partial charge on any atom is -0.361 e. The van der Waals surface area contributed by atoms with Crippen LogP contribution < -0.4 is 0 Å². The van der Waals surface area contributed by atoms with Crippen LogP contribution in [-0.4, -0.2) is 37.8 Å². The van der Waals surface area contributed by atoms with Gasteiger partial charge in [0.05, 0.1) is 22.6 Å². The van der Waals surface area contributed by atoms with Crippen molar-refractivity contribution in [2.24, 2.45) is 0 Å². The maximum Gasteiger partial charge on any atom is 0.256 e. The van der Waals surface area contributed by atoms with Crippen LogP contribution in [0.3, 0.4) is 0 Å². The Bertz CT molecular complexity index is 1230. The Morgan fingerprint density at radius 1 is 1.12 bits per heavy atom. The molecular formula is C24H25N5O2S. The van der Waals surface area contributed by atoms with Crippen molar-refractivity contribution in [3.63, 3.8) is 0 Å². The fourth-order valence-electron chi connectivity index (χ4n) is 3.54. The minimum atomic E-state index is -0.0804. The van der Waals surface area contributed by atoms with Gasteiger partial charge < -0.3 is 9.42 Å². The second-order valence-corrected chi connectivity index (χ2v) is 8.60. The van der Waals surface area contributed by atoms with Gasteiger partial charge in [-0.3, -0.25) is 4.79 Å². The van der Waals surface area contributed by atoms with Gasteiger partial charge in [-0.15, -0.1) is 0 Å². The molecule has 1 aromatic carbocycles. The lowest BCUT2D eigenvalue weighted by Gasteiger charge is -2.19. The van der Waals surface area contributed by atoms with E-state index >= 15 is 0 Å². The zero-order valence-corrected chi connectivity index (χ0v) is 19.4. The lowest BCUT2D eigenvalue weighted by molar-refractivity contribution is 0.0780. The van der Waals surface area contributed by atoms with Gasteiger partial charge in [-0.2, -0.15) is 5.10 Å². The van der Waals surface area contributed by atoms with Crippen LogP contribution in [0.25, 0.3) is 5.69 Å². The molecule has 1 amide bonds. The fourth-order valence-corrected chi connectivity index (χ4v) is 4.40. The zero-order valence-electron chi connectivity index (χ0n) is 18.6. The van der Waals surface area contributed by atoms with E-state index in [1.54, 1.807) is 17.2 Å². The summed E-state index contributed by atoms with van der Waals surface area (Å²) in [6, 6.07) is 15.5. The molecule has 0 aliphatic heterocycles. The normalized spacial score (nSPS) is 11.0. The van der Waals surface area contributed by atoms with E-state index in [4.69, 9.17) is 9.62 Å². The zero-order chi connectivity index (χ0) is 22.7. The maximum absolute atomic E-state index is 13.3. The predicted molar refractivity (Wildman–Crippen MR) is 124 cm³/mol. The predicted octanol–water partition coefficient (Wildman–Crippen LogP) is 4.75. The molecule has 3 aromatic heterocycles. The van der Waals surface area contributed by atoms with Crippen molar-refractivity contribution in [3.05, 3.63) is 88.7 Å². The highest BCUT2D eigenvalue weighted by molar-refractivity contribution is 7.98. The fraction of sp³-hybridized carbons (Fsp3) is 0.250. The van der Waals surface area contributed by atoms with Crippen LogP contribution in [0.4, 0.5) is 0 Å². The van der Waals surface area contributed by atoms with Gasteiger partial charge in [-0.1, -0.05) is 35.1 Å². The van der Waals surface area contributed by atoms with Gasteiger partial charge in [0.1, 0.15) is 10.8 Å². The Morgan fingerprint density at radius 3 is 2.62 bits per heavy atom. The standard InChI is InChI=1S/C24H25N5O2S/c1-16-13-19(27-31-16)15-32-23-21(11-8-12-25-23)24(30)28(4)14-22-17(2)26-29(18(22)3)20-9-6-5-7-10-20/h5-13H,14-15H2,1-4H3. The smallest absolute Gasteiger partial charge is 0.256 e. The Hall–Kier alpha value is -3.39. The summed E-state index contributed by atoms with van der Waals surface area (Å²) >= 11 is 1.48. The first-order valence-corrected chi connectivity index (χ1v) is 11.3. The van der Waals surface area contributed by atoms with Crippen molar-refractivity contribution in [2.75, 3.05) is 7.05 Å². The number of hydrogen-bond donors (Lipinski definition) is 0. The molecule has 8 heteroatoms. The third-order valence-electron chi connectivity index (χ3n) is 5.22. The molecule has 4 aromatic rings. The highest BCUT2D eigenvalue weighted by atomic mass is 32.2. The summed E-state index contributed by atoms with van der Waals surface area (Å²) in [4.78, 5) is 19.4. The van der Waals surface area contributed by atoms with E-state index in [2.05, 4.69) is 10.1 Å². The molecule has 0 bridgehead atoms. The van der Waals surface area contributed by atoms with Crippen LogP contribution in [0, 0.1) is 20.8 Å². The van der Waals surface area contributed by atoms with Crippen LogP contribution >= 0.6 is 11.8 Å². The molecule has 0 atom stereocenters. The average Bonchev–Trinajstić information content (AvgIpc) is 3.35. The SMILES string of the molecule is Cc1cc(CSc2ncccc2C(=O)N(C)Cc2c(C)nn(-c3ccccc3)c2C)no1. The van der Waals surface area contributed by atoms with Gasteiger partial charge in [-0.05, 0) is 45.0 Å². The van der Waals surface area contributed by atoms with Gasteiger partial charge in [-0.25, -0.2) is 9.67 Å². The van der Waals surface area contributed by atoms with E-state index in [1.807, 2.05) is 75.0 Å². The van der Waals surface area contributed by atoms with Gasteiger partial charge >= 0.3 is 0 Å². The van der Waals surface area contributed by atoms with Crippen molar-refractivity contribution in [2.45, 2.75) is 38.1 Å². The molecular weight excluding hydrogens is 422 g/mol. The molecule has 0 saturated heterocycles. The van der Waals surface area contributed by atoms with Gasteiger partial charge in [0.2, 0.25) is 0 Å². The number of para-hydroxylation sites is 1. The summed E-state index contributed by atoms with van der Waals surface area (Å²) in [7, 11) is 1.81. The molecule has 0 spiro atoms. The number of nitrogens with zero attached hydrogens (tertiary/aromatic N) is 5. The summed E-state index contributed by atoms with van der Waals surface area (Å²) in [5.41, 5.74) is 5.38. The summed E-state index contributed by atoms with van der Waals surface area (Å²) in [5, 5.41) is 9.39. The van der Waals surface area contributed by atoms with Crippen molar-refractivity contribution in [1.82, 2.24) is 24.8 Å². The summed E-state index contributed by atoms with van der Waals surface area (Å²) in [6.45, 7) is 6.33. The van der Waals surface area contributed by atoms with E-state index in [0.29, 0.717) is 22.9 Å². The lowest BCUT2D eigenvalue weighted by atomic mass is 10.1. The summed E-state index contributed by atoms with van der Waals surface area (Å²) < 4.78 is 7.05. The van der Waals surface area contributed by atoms with Gasteiger partial charge in [0.25, 0.3) is 5.91 Å². The second kappa shape index (κ2) is 9.40. The molecule has 0 N–H and O–H groups in total. The van der Waals surface area contributed by atoms with Crippen LogP contribution in [0.2, 0.25) is 0 Å². The van der Waals surface area contributed by atoms with Crippen molar-refractivity contribution in [1.29, 1.82) is 0 Å². The lowest BCUT2D eigenvalue weighted by Crippen LogP contribution is -2.27. The van der Waals surface area contributed by atoms with E-state index in [-0.39, 0.29) is 5.91 Å². The highest BCUT2D eigenvalue weighted by Gasteiger charge is 2.21. The summed E-state index contributed by atoms with van der Waals surface area (Å²) in [5.74, 6) is 1.27. The quantitative estimate of drug-likeness (QED) is 0.381. The Labute approximate surface area is 191 Å². The number of aryl methyl sites for hydroxylation is 2. The third-order valence-corrected chi connectivity index (χ3v) is 6.26. The number of benzene rings is 1. The first-order valence-electron chi connectivity index (χ1n) is 10.3. The number of thioether (sulfide) groups is 1. The molecule has 7 nitrogen and oxygen atoms in total. The van der Waals surface area contributed by atoms with E-state index in [0.717, 1.165) is 34.1 Å². The van der Waals surface area contributed by atoms with E-state index < -0.39 is 0 Å². The van der Waals surface area contributed by atoms with Crippen LogP contribution in [0.5, 0.6) is 0 Å². The average molecular weight is 448 g/mol. The number of carbonyl (C=O) groups excluding carboxylic acids is 1. The van der Waals surface area contributed by atoms with Crippen LogP contribution in [0.1, 0.15) is 38.8 Å². The molecule has 0 saturated carbocycles. The number of aromatic nitrogens is 4. The van der Waals surface area contributed by atoms with Crippen molar-refractivity contribution < 1.29 is 9.32 Å². The second-order valence-electron chi connectivity index (χ2n) is 7.63. The molecule has 4 rings (SSSR count). The van der Waals surface area contributed by atoms with Gasteiger partial charge in [0.15, 0.2) is 0 Å². The number of rotatable bonds is 7. The monoisotopic (exact) mass is 447 g/mol. The Morgan fingerprint density at radius 2 is 1.91 bits per heavy atom. The number of hydrogen-bond acceptors (Lipinski definition) is 6. The molecule has 0 radical (unpaired) electrons. The Kier molecular flexibility index (Phi) is 6.41. The Balaban J connectivity index is 1.52. The number of amides is 1. The first-order chi connectivity index (χ1) is 15.4. The molecule has 3 heterocycles. The molecule has 0 aliphatic carbocycles. The third kappa shape index (κ3) is 4.60. The number of carbonyl (C=O) groups is 1. The molecule has 0 aliphatic rings. The molecule has 0 unspecified atom stereocenters. The highest BCUT2D eigenvalue weighted by Crippen LogP contribution is 2.26. The van der Waals surface area contributed by atoms with Crippen molar-refractivity contribution in [3.8, 4) is 5.69 Å². The first kappa shape index (κ1) is 21.8. The minimum absolute atomic E-state index is 0.0804. The number of pyridine rings is 1. The van der Waals surface area contributed by atoms with Crippen LogP contribution in [0.15, 0.2) is 64.3 Å². The molecule has 0 fully saturated rings. The molecule has 164 valence electrons. The largest absolute Gasteiger partial charge is 0.361 e. The van der Waals surface area contributed by atoms with Crippen molar-refractivity contribution >= 4 is 17.7 Å². The van der Waals surface area contributed by atoms with Crippen LogP contribution in [-0.2, 0) is 12.3 Å². The maximum atomic E-state index is 13.3. The van der Waals surface area contributed by atoms with Gasteiger partial charge in [0, 0.05) is 42.9 Å². The molecule has 32 heavy (non-hydrogen) atoms. The topological polar surface area (TPSA) is 77.1 Å².